The van der Waals surface area contributed by atoms with Gasteiger partial charge < -0.3 is 5.32 Å². The minimum Gasteiger partial charge on any atom is -0.314 e. The fourth-order valence-electron chi connectivity index (χ4n) is 2.61. The summed E-state index contributed by atoms with van der Waals surface area (Å²) in [5.41, 5.74) is 0. The molecule has 20 heavy (non-hydrogen) atoms. The molecule has 2 fully saturated rings. The molecular formula is C10H17BrN6O2S. The Hall–Kier alpha value is -0.550. The summed E-state index contributed by atoms with van der Waals surface area (Å²) < 4.78 is 28.1. The van der Waals surface area contributed by atoms with Gasteiger partial charge in [0, 0.05) is 52.4 Å². The fraction of sp³-hybridized carbons (Fsp3) is 0.800. The maximum absolute atomic E-state index is 12.5. The summed E-state index contributed by atoms with van der Waals surface area (Å²) >= 11 is 3.15. The van der Waals surface area contributed by atoms with Crippen molar-refractivity contribution in [2.75, 3.05) is 39.3 Å². The first kappa shape index (κ1) is 14.4. The minimum absolute atomic E-state index is 0.122. The monoisotopic (exact) mass is 364 g/mol. The van der Waals surface area contributed by atoms with Crippen molar-refractivity contribution < 1.29 is 8.42 Å². The number of piperazine rings is 1. The first-order chi connectivity index (χ1) is 9.50. The Balaban J connectivity index is 1.70. The van der Waals surface area contributed by atoms with Gasteiger partial charge in [-0.25, -0.2) is 13.1 Å². The molecule has 10 heteroatoms. The third-order valence-electron chi connectivity index (χ3n) is 3.82. The van der Waals surface area contributed by atoms with Gasteiger partial charge in [0.15, 0.2) is 4.60 Å². The highest BCUT2D eigenvalue weighted by molar-refractivity contribution is 9.10. The minimum atomic E-state index is -3.51. The second kappa shape index (κ2) is 5.34. The number of hydrogen-bond donors (Lipinski definition) is 1. The van der Waals surface area contributed by atoms with E-state index in [1.54, 1.807) is 7.05 Å². The Morgan fingerprint density at radius 1 is 1.30 bits per heavy atom. The van der Waals surface area contributed by atoms with Crippen molar-refractivity contribution in [3.63, 3.8) is 0 Å². The van der Waals surface area contributed by atoms with Crippen molar-refractivity contribution in [3.05, 3.63) is 4.60 Å². The lowest BCUT2D eigenvalue weighted by Crippen LogP contribution is -2.63. The zero-order chi connectivity index (χ0) is 14.3. The SMILES string of the molecule is Cn1nnc(Br)c1S(=O)(=O)N1CC(N2CCNCC2)C1. The van der Waals surface area contributed by atoms with Crippen molar-refractivity contribution in [1.82, 2.24) is 29.5 Å². The van der Waals surface area contributed by atoms with Crippen LogP contribution in [0.15, 0.2) is 9.63 Å². The van der Waals surface area contributed by atoms with E-state index in [0.717, 1.165) is 26.2 Å². The first-order valence-electron chi connectivity index (χ1n) is 6.50. The molecule has 0 atom stereocenters. The molecule has 1 aromatic rings. The molecule has 0 spiro atoms. The third kappa shape index (κ3) is 2.39. The lowest BCUT2D eigenvalue weighted by atomic mass is 10.1. The van der Waals surface area contributed by atoms with Gasteiger partial charge in [-0.3, -0.25) is 4.90 Å². The summed E-state index contributed by atoms with van der Waals surface area (Å²) in [6.45, 7) is 4.99. The highest BCUT2D eigenvalue weighted by Crippen LogP contribution is 2.27. The molecule has 1 aromatic heterocycles. The molecule has 3 rings (SSSR count). The number of aryl methyl sites for hydroxylation is 1. The predicted octanol–water partition coefficient (Wildman–Crippen LogP) is -1.14. The average Bonchev–Trinajstić information content (AvgIpc) is 2.68. The normalized spacial score (nSPS) is 22.9. The van der Waals surface area contributed by atoms with E-state index >= 15 is 0 Å². The second-order valence-corrected chi connectivity index (χ2v) is 7.68. The number of nitrogens with one attached hydrogen (secondary N) is 1. The van der Waals surface area contributed by atoms with Crippen molar-refractivity contribution in [2.24, 2.45) is 7.05 Å². The molecule has 2 aliphatic heterocycles. The van der Waals surface area contributed by atoms with Gasteiger partial charge in [-0.1, -0.05) is 5.21 Å². The summed E-state index contributed by atoms with van der Waals surface area (Å²) in [6.07, 6.45) is 0. The van der Waals surface area contributed by atoms with Gasteiger partial charge in [-0.15, -0.1) is 5.10 Å². The second-order valence-electron chi connectivity index (χ2n) is 5.07. The Bertz CT molecular complexity index is 571. The average molecular weight is 365 g/mol. The maximum Gasteiger partial charge on any atom is 0.263 e. The lowest BCUT2D eigenvalue weighted by molar-refractivity contribution is 0.0770. The topological polar surface area (TPSA) is 83.4 Å². The van der Waals surface area contributed by atoms with E-state index in [4.69, 9.17) is 0 Å². The highest BCUT2D eigenvalue weighted by atomic mass is 79.9. The van der Waals surface area contributed by atoms with Gasteiger partial charge in [0.05, 0.1) is 0 Å². The molecular weight excluding hydrogens is 348 g/mol. The van der Waals surface area contributed by atoms with E-state index in [0.29, 0.717) is 19.1 Å². The van der Waals surface area contributed by atoms with Crippen molar-refractivity contribution in [1.29, 1.82) is 0 Å². The Morgan fingerprint density at radius 3 is 2.50 bits per heavy atom. The number of aromatic nitrogens is 3. The van der Waals surface area contributed by atoms with E-state index < -0.39 is 10.0 Å². The molecule has 8 nitrogen and oxygen atoms in total. The third-order valence-corrected chi connectivity index (χ3v) is 6.54. The summed E-state index contributed by atoms with van der Waals surface area (Å²) in [4.78, 5) is 2.35. The predicted molar refractivity (Wildman–Crippen MR) is 75.7 cm³/mol. The molecule has 0 radical (unpaired) electrons. The first-order valence-corrected chi connectivity index (χ1v) is 8.73. The highest BCUT2D eigenvalue weighted by Gasteiger charge is 2.42. The van der Waals surface area contributed by atoms with Crippen molar-refractivity contribution >= 4 is 26.0 Å². The van der Waals surface area contributed by atoms with E-state index in [-0.39, 0.29) is 9.63 Å². The van der Waals surface area contributed by atoms with Gasteiger partial charge in [0.1, 0.15) is 0 Å². The molecule has 0 unspecified atom stereocenters. The van der Waals surface area contributed by atoms with Crippen LogP contribution in [0.4, 0.5) is 0 Å². The van der Waals surface area contributed by atoms with Gasteiger partial charge in [-0.05, 0) is 15.9 Å². The molecule has 0 aliphatic carbocycles. The van der Waals surface area contributed by atoms with Crippen LogP contribution in [-0.4, -0.2) is 77.9 Å². The molecule has 0 saturated carbocycles. The van der Waals surface area contributed by atoms with Gasteiger partial charge in [0.25, 0.3) is 10.0 Å². The Labute approximate surface area is 126 Å². The molecule has 2 aliphatic rings. The molecule has 0 amide bonds. The number of sulfonamides is 1. The number of halogens is 1. The summed E-state index contributed by atoms with van der Waals surface area (Å²) in [7, 11) is -1.93. The van der Waals surface area contributed by atoms with Crippen LogP contribution in [0.2, 0.25) is 0 Å². The summed E-state index contributed by atoms with van der Waals surface area (Å²) in [6, 6.07) is 0.326. The largest absolute Gasteiger partial charge is 0.314 e. The standard InChI is InChI=1S/C10H17BrN6O2S/c1-15-10(9(11)13-14-15)20(18,19)17-6-8(7-17)16-4-2-12-3-5-16/h8,12H,2-7H2,1H3. The van der Waals surface area contributed by atoms with Crippen LogP contribution in [0.3, 0.4) is 0 Å². The number of nitrogens with zero attached hydrogens (tertiary/aromatic N) is 5. The zero-order valence-corrected chi connectivity index (χ0v) is 13.6. The number of hydrogen-bond acceptors (Lipinski definition) is 6. The van der Waals surface area contributed by atoms with Crippen LogP contribution in [-0.2, 0) is 17.1 Å². The zero-order valence-electron chi connectivity index (χ0n) is 11.2. The lowest BCUT2D eigenvalue weighted by Gasteiger charge is -2.45. The number of rotatable bonds is 3. The smallest absolute Gasteiger partial charge is 0.263 e. The van der Waals surface area contributed by atoms with Gasteiger partial charge in [0.2, 0.25) is 5.03 Å². The van der Waals surface area contributed by atoms with Gasteiger partial charge in [-0.2, -0.15) is 4.31 Å². The van der Waals surface area contributed by atoms with Crippen LogP contribution in [0.25, 0.3) is 0 Å². The van der Waals surface area contributed by atoms with E-state index in [1.165, 1.54) is 8.99 Å². The van der Waals surface area contributed by atoms with Crippen molar-refractivity contribution in [2.45, 2.75) is 11.1 Å². The van der Waals surface area contributed by atoms with Crippen LogP contribution in [0.1, 0.15) is 0 Å². The van der Waals surface area contributed by atoms with Crippen LogP contribution in [0.5, 0.6) is 0 Å². The molecule has 2 saturated heterocycles. The fourth-order valence-corrected chi connectivity index (χ4v) is 5.16. The molecule has 1 N–H and O–H groups in total. The Kier molecular flexibility index (Phi) is 3.84. The molecule has 3 heterocycles. The molecule has 112 valence electrons. The molecule has 0 aromatic carbocycles. The van der Waals surface area contributed by atoms with E-state index in [9.17, 15) is 8.42 Å². The van der Waals surface area contributed by atoms with Crippen LogP contribution < -0.4 is 5.32 Å². The molecule has 0 bridgehead atoms. The quantitative estimate of drug-likeness (QED) is 0.729. The van der Waals surface area contributed by atoms with E-state index in [1.807, 2.05) is 0 Å². The van der Waals surface area contributed by atoms with Crippen molar-refractivity contribution in [3.8, 4) is 0 Å². The van der Waals surface area contributed by atoms with Crippen LogP contribution in [0, 0.1) is 0 Å². The summed E-state index contributed by atoms with van der Waals surface area (Å²) in [5.74, 6) is 0. The Morgan fingerprint density at radius 2 is 1.95 bits per heavy atom. The maximum atomic E-state index is 12.5. The van der Waals surface area contributed by atoms with Gasteiger partial charge >= 0.3 is 0 Å². The summed E-state index contributed by atoms with van der Waals surface area (Å²) in [5, 5.41) is 10.9. The van der Waals surface area contributed by atoms with Crippen LogP contribution >= 0.6 is 15.9 Å². The van der Waals surface area contributed by atoms with E-state index in [2.05, 4.69) is 36.5 Å².